The Morgan fingerprint density at radius 1 is 1.14 bits per heavy atom. The van der Waals surface area contributed by atoms with Crippen molar-refractivity contribution in [2.24, 2.45) is 5.92 Å². The SMILES string of the molecule is O=C(NCc1ccc(Oc2cccc[o+]2)cc1)C1C2Oc3ccc(F)cc3C21. The number of halogens is 1. The van der Waals surface area contributed by atoms with Crippen molar-refractivity contribution in [1.82, 2.24) is 5.32 Å². The molecule has 1 saturated carbocycles. The molecule has 3 atom stereocenters. The van der Waals surface area contributed by atoms with Gasteiger partial charge in [0.05, 0.1) is 12.0 Å². The van der Waals surface area contributed by atoms with E-state index in [9.17, 15) is 9.18 Å². The molecule has 3 unspecified atom stereocenters. The predicted molar refractivity (Wildman–Crippen MR) is 98.5 cm³/mol. The van der Waals surface area contributed by atoms with Gasteiger partial charge in [-0.15, -0.1) is 0 Å². The first-order chi connectivity index (χ1) is 13.7. The maximum absolute atomic E-state index is 13.4. The molecule has 1 fully saturated rings. The van der Waals surface area contributed by atoms with Crippen LogP contribution in [0.25, 0.3) is 0 Å². The van der Waals surface area contributed by atoms with Crippen LogP contribution in [-0.4, -0.2) is 12.0 Å². The molecule has 0 bridgehead atoms. The first kappa shape index (κ1) is 16.7. The van der Waals surface area contributed by atoms with Crippen molar-refractivity contribution in [3.63, 3.8) is 0 Å². The third kappa shape index (κ3) is 3.07. The Hall–Kier alpha value is -3.41. The van der Waals surface area contributed by atoms with Crippen molar-refractivity contribution in [3.05, 3.63) is 83.9 Å². The lowest BCUT2D eigenvalue weighted by atomic mass is 10.1. The quantitative estimate of drug-likeness (QED) is 0.673. The van der Waals surface area contributed by atoms with Crippen molar-refractivity contribution in [3.8, 4) is 17.4 Å². The number of hydrogen-bond acceptors (Lipinski definition) is 3. The highest BCUT2D eigenvalue weighted by molar-refractivity contribution is 5.85. The second-order valence-electron chi connectivity index (χ2n) is 6.90. The fraction of sp³-hybridized carbons (Fsp3) is 0.182. The van der Waals surface area contributed by atoms with E-state index in [0.717, 1.165) is 11.1 Å². The molecule has 1 aliphatic heterocycles. The van der Waals surface area contributed by atoms with Crippen LogP contribution in [0.15, 0.2) is 71.3 Å². The third-order valence-electron chi connectivity index (χ3n) is 5.07. The Morgan fingerprint density at radius 2 is 2.00 bits per heavy atom. The number of fused-ring (bicyclic) bond motifs is 3. The highest BCUT2D eigenvalue weighted by Gasteiger charge is 2.62. The van der Waals surface area contributed by atoms with Gasteiger partial charge in [0.1, 0.15) is 17.7 Å². The minimum Gasteiger partial charge on any atom is -0.489 e. The molecular formula is C22H17FNO4+. The topological polar surface area (TPSA) is 58.9 Å². The van der Waals surface area contributed by atoms with Crippen molar-refractivity contribution >= 4 is 5.91 Å². The Balaban J connectivity index is 1.17. The fourth-order valence-electron chi connectivity index (χ4n) is 3.63. The zero-order valence-corrected chi connectivity index (χ0v) is 14.8. The van der Waals surface area contributed by atoms with Crippen LogP contribution in [-0.2, 0) is 11.3 Å². The molecule has 2 aromatic carbocycles. The maximum Gasteiger partial charge on any atom is 0.524 e. The number of nitrogens with one attached hydrogen (secondary N) is 1. The second kappa shape index (κ2) is 6.64. The van der Waals surface area contributed by atoms with Gasteiger partial charge < -0.3 is 10.1 Å². The van der Waals surface area contributed by atoms with Crippen molar-refractivity contribution in [1.29, 1.82) is 0 Å². The van der Waals surface area contributed by atoms with Crippen molar-refractivity contribution in [2.75, 3.05) is 0 Å². The van der Waals surface area contributed by atoms with E-state index in [2.05, 4.69) is 5.32 Å². The van der Waals surface area contributed by atoms with Gasteiger partial charge in [0.15, 0.2) is 0 Å². The molecule has 28 heavy (non-hydrogen) atoms. The minimum atomic E-state index is -0.306. The lowest BCUT2D eigenvalue weighted by Gasteiger charge is -2.09. The largest absolute Gasteiger partial charge is 0.524 e. The lowest BCUT2D eigenvalue weighted by Crippen LogP contribution is -2.27. The Morgan fingerprint density at radius 3 is 2.79 bits per heavy atom. The molecule has 0 radical (unpaired) electrons. The number of rotatable bonds is 5. The van der Waals surface area contributed by atoms with Crippen LogP contribution in [0.2, 0.25) is 0 Å². The summed E-state index contributed by atoms with van der Waals surface area (Å²) in [4.78, 5) is 12.5. The summed E-state index contributed by atoms with van der Waals surface area (Å²) in [6.07, 6.45) is 1.37. The molecule has 2 heterocycles. The van der Waals surface area contributed by atoms with Gasteiger partial charge in [0, 0.05) is 36.2 Å². The second-order valence-corrected chi connectivity index (χ2v) is 6.90. The monoisotopic (exact) mass is 378 g/mol. The Kier molecular flexibility index (Phi) is 3.97. The average molecular weight is 378 g/mol. The molecule has 1 aromatic heterocycles. The van der Waals surface area contributed by atoms with E-state index >= 15 is 0 Å². The van der Waals surface area contributed by atoms with E-state index in [1.54, 1.807) is 24.5 Å². The Labute approximate surface area is 160 Å². The molecule has 3 aromatic rings. The summed E-state index contributed by atoms with van der Waals surface area (Å²) < 4.78 is 30.0. The molecule has 5 rings (SSSR count). The first-order valence-corrected chi connectivity index (χ1v) is 9.06. The van der Waals surface area contributed by atoms with Crippen LogP contribution in [0.5, 0.6) is 17.4 Å². The number of carbonyl (C=O) groups excluding carboxylic acids is 1. The van der Waals surface area contributed by atoms with Gasteiger partial charge in [0.2, 0.25) is 17.9 Å². The molecule has 0 spiro atoms. The molecule has 1 N–H and O–H groups in total. The molecule has 140 valence electrons. The summed E-state index contributed by atoms with van der Waals surface area (Å²) in [6, 6.07) is 17.2. The molecular weight excluding hydrogens is 361 g/mol. The molecule has 1 amide bonds. The van der Waals surface area contributed by atoms with E-state index in [4.69, 9.17) is 13.9 Å². The molecule has 0 saturated heterocycles. The van der Waals surface area contributed by atoms with E-state index in [1.807, 2.05) is 30.3 Å². The van der Waals surface area contributed by atoms with Gasteiger partial charge in [-0.3, -0.25) is 13.9 Å². The number of hydrogen-bond donors (Lipinski definition) is 1. The highest BCUT2D eigenvalue weighted by atomic mass is 19.1. The summed E-state index contributed by atoms with van der Waals surface area (Å²) in [5, 5.41) is 2.93. The molecule has 6 heteroatoms. The summed E-state index contributed by atoms with van der Waals surface area (Å²) in [6.45, 7) is 0.404. The summed E-state index contributed by atoms with van der Waals surface area (Å²) in [5.74, 6) is 1.05. The van der Waals surface area contributed by atoms with Gasteiger partial charge in [0.25, 0.3) is 0 Å². The van der Waals surface area contributed by atoms with Crippen LogP contribution < -0.4 is 14.8 Å². The van der Waals surface area contributed by atoms with Crippen LogP contribution in [0, 0.1) is 11.7 Å². The third-order valence-corrected chi connectivity index (χ3v) is 5.07. The molecule has 5 nitrogen and oxygen atoms in total. The van der Waals surface area contributed by atoms with Crippen LogP contribution >= 0.6 is 0 Å². The number of benzene rings is 2. The zero-order valence-electron chi connectivity index (χ0n) is 14.8. The lowest BCUT2D eigenvalue weighted by molar-refractivity contribution is -0.123. The first-order valence-electron chi connectivity index (χ1n) is 9.06. The highest BCUT2D eigenvalue weighted by Crippen LogP contribution is 2.58. The Bertz CT molecular complexity index is 1020. The van der Waals surface area contributed by atoms with Gasteiger partial charge >= 0.3 is 5.95 Å². The van der Waals surface area contributed by atoms with E-state index in [-0.39, 0.29) is 29.7 Å². The minimum absolute atomic E-state index is 0.0453. The fourth-order valence-corrected chi connectivity index (χ4v) is 3.63. The van der Waals surface area contributed by atoms with Crippen LogP contribution in [0.1, 0.15) is 17.0 Å². The zero-order chi connectivity index (χ0) is 19.1. The van der Waals surface area contributed by atoms with Crippen molar-refractivity contribution in [2.45, 2.75) is 18.6 Å². The normalized spacial score (nSPS) is 21.2. The summed E-state index contributed by atoms with van der Waals surface area (Å²) in [7, 11) is 0. The van der Waals surface area contributed by atoms with Gasteiger partial charge in [-0.2, -0.15) is 0 Å². The van der Waals surface area contributed by atoms with Crippen LogP contribution in [0.3, 0.4) is 0 Å². The summed E-state index contributed by atoms with van der Waals surface area (Å²) in [5.41, 5.74) is 1.74. The smallest absolute Gasteiger partial charge is 0.489 e. The van der Waals surface area contributed by atoms with Gasteiger partial charge in [-0.1, -0.05) is 12.1 Å². The van der Waals surface area contributed by atoms with E-state index in [0.29, 0.717) is 24.0 Å². The number of amides is 1. The maximum atomic E-state index is 13.4. The predicted octanol–water partition coefficient (Wildman–Crippen LogP) is 4.28. The average Bonchev–Trinajstić information content (AvgIpc) is 3.32. The molecule has 2 aliphatic rings. The standard InChI is InChI=1S/C22H16FNO4/c23-14-6-9-17-16(11-14)19-20(21(19)28-17)22(25)24-12-13-4-7-15(8-5-13)27-18-3-1-2-10-26-18/h1-11,19-21H,12H2/p+1. The van der Waals surface area contributed by atoms with E-state index in [1.165, 1.54) is 12.1 Å². The van der Waals surface area contributed by atoms with Crippen LogP contribution in [0.4, 0.5) is 4.39 Å². The number of ether oxygens (including phenoxy) is 2. The van der Waals surface area contributed by atoms with Gasteiger partial charge in [-0.25, -0.2) is 4.39 Å². The van der Waals surface area contributed by atoms with Gasteiger partial charge in [-0.05, 0) is 29.8 Å². The van der Waals surface area contributed by atoms with Crippen molar-refractivity contribution < 1.29 is 23.1 Å². The summed E-state index contributed by atoms with van der Waals surface area (Å²) >= 11 is 0. The van der Waals surface area contributed by atoms with E-state index < -0.39 is 0 Å². The number of carbonyl (C=O) groups is 1. The molecule has 1 aliphatic carbocycles.